The lowest BCUT2D eigenvalue weighted by Gasteiger charge is -2.30. The minimum Gasteiger partial charge on any atom is -0.444 e. The molecule has 182 valence electrons. The van der Waals surface area contributed by atoms with Crippen LogP contribution in [0, 0.1) is 12.5 Å². The van der Waals surface area contributed by atoms with E-state index in [0.29, 0.717) is 12.1 Å². The molecule has 0 saturated carbocycles. The number of alkyl carbamates (subject to hydrolysis) is 1. The van der Waals surface area contributed by atoms with Crippen LogP contribution in [0.15, 0.2) is 24.3 Å². The SMILES string of the molecule is C#CN(C(=O)C(CS)NC(=O)OC(C)(C)C)C(C(=O)NCCCCC)c1ccc(CC)cc1. The fourth-order valence-electron chi connectivity index (χ4n) is 3.11. The van der Waals surface area contributed by atoms with Crippen LogP contribution in [-0.4, -0.2) is 46.7 Å². The highest BCUT2D eigenvalue weighted by Gasteiger charge is 2.35. The van der Waals surface area contributed by atoms with E-state index < -0.39 is 29.7 Å². The standard InChI is InChI=1S/C25H37N3O4S/c1-7-10-11-16-26-22(29)21(19-14-12-18(8-2)13-15-19)28(9-3)23(30)20(17-33)27-24(31)32-25(4,5)6/h3,12-15,20-21,33H,7-8,10-11,16-17H2,1-2,4-6H3,(H,26,29)(H,27,31). The molecule has 3 amide bonds. The van der Waals surface area contributed by atoms with Crippen molar-refractivity contribution in [2.75, 3.05) is 12.3 Å². The van der Waals surface area contributed by atoms with Crippen molar-refractivity contribution in [3.63, 3.8) is 0 Å². The number of carbonyl (C=O) groups is 3. The molecule has 2 atom stereocenters. The Bertz CT molecular complexity index is 828. The molecule has 33 heavy (non-hydrogen) atoms. The predicted octanol–water partition coefficient (Wildman–Crippen LogP) is 3.84. The molecule has 1 aromatic rings. The zero-order valence-corrected chi connectivity index (χ0v) is 21.2. The fraction of sp³-hybridized carbons (Fsp3) is 0.560. The van der Waals surface area contributed by atoms with Gasteiger partial charge in [0.25, 0.3) is 5.91 Å². The highest BCUT2D eigenvalue weighted by molar-refractivity contribution is 7.80. The van der Waals surface area contributed by atoms with E-state index in [4.69, 9.17) is 11.2 Å². The first-order chi connectivity index (χ1) is 15.6. The first kappa shape index (κ1) is 28.4. The van der Waals surface area contributed by atoms with Crippen molar-refractivity contribution in [1.29, 1.82) is 0 Å². The lowest BCUT2D eigenvalue weighted by Crippen LogP contribution is -2.52. The van der Waals surface area contributed by atoms with Crippen LogP contribution < -0.4 is 10.6 Å². The van der Waals surface area contributed by atoms with Crippen LogP contribution in [0.1, 0.15) is 71.0 Å². The Morgan fingerprint density at radius 1 is 1.15 bits per heavy atom. The van der Waals surface area contributed by atoms with Crippen molar-refractivity contribution in [3.05, 3.63) is 35.4 Å². The van der Waals surface area contributed by atoms with Gasteiger partial charge in [0.15, 0.2) is 0 Å². The Hall–Kier alpha value is -2.66. The third-order valence-electron chi connectivity index (χ3n) is 4.84. The van der Waals surface area contributed by atoms with Gasteiger partial charge in [-0.2, -0.15) is 12.6 Å². The van der Waals surface area contributed by atoms with Crippen molar-refractivity contribution >= 4 is 30.5 Å². The second kappa shape index (κ2) is 13.8. The summed E-state index contributed by atoms with van der Waals surface area (Å²) in [4.78, 5) is 39.7. The van der Waals surface area contributed by atoms with Crippen LogP contribution in [0.3, 0.4) is 0 Å². The molecule has 0 aliphatic heterocycles. The summed E-state index contributed by atoms with van der Waals surface area (Å²) < 4.78 is 5.24. The lowest BCUT2D eigenvalue weighted by atomic mass is 10.0. The maximum absolute atomic E-state index is 13.3. The van der Waals surface area contributed by atoms with Gasteiger partial charge in [0.1, 0.15) is 17.7 Å². The van der Waals surface area contributed by atoms with E-state index in [-0.39, 0.29) is 11.7 Å². The van der Waals surface area contributed by atoms with Crippen molar-refractivity contribution in [2.45, 2.75) is 78.0 Å². The number of unbranched alkanes of at least 4 members (excludes halogenated alkanes) is 2. The number of ether oxygens (including phenoxy) is 1. The van der Waals surface area contributed by atoms with E-state index in [2.05, 4.69) is 36.2 Å². The number of nitrogens with one attached hydrogen (secondary N) is 2. The molecule has 2 unspecified atom stereocenters. The molecule has 0 fully saturated rings. The summed E-state index contributed by atoms with van der Waals surface area (Å²) in [7, 11) is 0. The van der Waals surface area contributed by atoms with Gasteiger partial charge >= 0.3 is 6.09 Å². The zero-order chi connectivity index (χ0) is 25.0. The van der Waals surface area contributed by atoms with E-state index in [0.717, 1.165) is 36.1 Å². The number of terminal acetylenes is 1. The van der Waals surface area contributed by atoms with Crippen LogP contribution in [0.2, 0.25) is 0 Å². The zero-order valence-electron chi connectivity index (χ0n) is 20.3. The summed E-state index contributed by atoms with van der Waals surface area (Å²) in [5.41, 5.74) is 0.947. The van der Waals surface area contributed by atoms with Crippen LogP contribution in [0.5, 0.6) is 0 Å². The summed E-state index contributed by atoms with van der Waals surface area (Å²) in [6.07, 6.45) is 8.62. The van der Waals surface area contributed by atoms with Gasteiger partial charge in [-0.1, -0.05) is 57.4 Å². The van der Waals surface area contributed by atoms with E-state index in [1.54, 1.807) is 32.9 Å². The molecule has 7 nitrogen and oxygen atoms in total. The first-order valence-electron chi connectivity index (χ1n) is 11.3. The number of amides is 3. The molecule has 1 rings (SSSR count). The molecule has 8 heteroatoms. The van der Waals surface area contributed by atoms with Gasteiger partial charge in [0.2, 0.25) is 5.91 Å². The number of hydrogen-bond acceptors (Lipinski definition) is 5. The smallest absolute Gasteiger partial charge is 0.408 e. The molecule has 2 N–H and O–H groups in total. The minimum absolute atomic E-state index is 0.0180. The van der Waals surface area contributed by atoms with Gasteiger partial charge < -0.3 is 15.4 Å². The normalized spacial score (nSPS) is 12.8. The second-order valence-electron chi connectivity index (χ2n) is 8.71. The number of benzene rings is 1. The van der Waals surface area contributed by atoms with E-state index >= 15 is 0 Å². The number of thiol groups is 1. The van der Waals surface area contributed by atoms with Gasteiger partial charge in [-0.3, -0.25) is 14.5 Å². The average molecular weight is 476 g/mol. The molecular formula is C25H37N3O4S. The van der Waals surface area contributed by atoms with Gasteiger partial charge in [0, 0.05) is 18.3 Å². The van der Waals surface area contributed by atoms with Gasteiger partial charge in [0.05, 0.1) is 0 Å². The third-order valence-corrected chi connectivity index (χ3v) is 5.20. The highest BCUT2D eigenvalue weighted by Crippen LogP contribution is 2.23. The van der Waals surface area contributed by atoms with Crippen molar-refractivity contribution < 1.29 is 19.1 Å². The van der Waals surface area contributed by atoms with Gasteiger partial charge in [-0.25, -0.2) is 4.79 Å². The number of nitrogens with zero attached hydrogens (tertiary/aromatic N) is 1. The van der Waals surface area contributed by atoms with E-state index in [9.17, 15) is 14.4 Å². The van der Waals surface area contributed by atoms with Crippen molar-refractivity contribution in [2.24, 2.45) is 0 Å². The Kier molecular flexibility index (Phi) is 11.9. The molecule has 1 aromatic carbocycles. The molecule has 0 aromatic heterocycles. The summed E-state index contributed by atoms with van der Waals surface area (Å²) >= 11 is 4.20. The van der Waals surface area contributed by atoms with Gasteiger partial charge in [-0.15, -0.1) is 0 Å². The van der Waals surface area contributed by atoms with Crippen LogP contribution >= 0.6 is 12.6 Å². The van der Waals surface area contributed by atoms with E-state index in [1.165, 1.54) is 0 Å². The molecule has 0 heterocycles. The van der Waals surface area contributed by atoms with E-state index in [1.807, 2.05) is 19.1 Å². The van der Waals surface area contributed by atoms with Crippen LogP contribution in [-0.2, 0) is 20.7 Å². The molecule has 0 spiro atoms. The predicted molar refractivity (Wildman–Crippen MR) is 134 cm³/mol. The number of hydrogen-bond donors (Lipinski definition) is 3. The molecule has 0 saturated heterocycles. The molecule has 0 radical (unpaired) electrons. The Balaban J connectivity index is 3.19. The molecule has 0 aliphatic rings. The quantitative estimate of drug-likeness (QED) is 0.196. The Morgan fingerprint density at radius 3 is 2.27 bits per heavy atom. The minimum atomic E-state index is -1.07. The van der Waals surface area contributed by atoms with Crippen molar-refractivity contribution in [3.8, 4) is 12.5 Å². The van der Waals surface area contributed by atoms with Crippen LogP contribution in [0.25, 0.3) is 0 Å². The van der Waals surface area contributed by atoms with Gasteiger partial charge in [-0.05, 0) is 44.7 Å². The number of rotatable bonds is 11. The average Bonchev–Trinajstić information content (AvgIpc) is 2.77. The summed E-state index contributed by atoms with van der Waals surface area (Å²) in [5.74, 6) is -1.01. The largest absolute Gasteiger partial charge is 0.444 e. The topological polar surface area (TPSA) is 87.7 Å². The molecular weight excluding hydrogens is 438 g/mol. The summed E-state index contributed by atoms with van der Waals surface area (Å²) in [6, 6.07) is 7.63. The second-order valence-corrected chi connectivity index (χ2v) is 9.08. The van der Waals surface area contributed by atoms with Crippen molar-refractivity contribution in [1.82, 2.24) is 15.5 Å². The first-order valence-corrected chi connectivity index (χ1v) is 12.0. The molecule has 0 aliphatic carbocycles. The highest BCUT2D eigenvalue weighted by atomic mass is 32.1. The molecule has 0 bridgehead atoms. The Labute approximate surface area is 203 Å². The maximum Gasteiger partial charge on any atom is 0.408 e. The fourth-order valence-corrected chi connectivity index (χ4v) is 3.35. The maximum atomic E-state index is 13.3. The monoisotopic (exact) mass is 475 g/mol. The third kappa shape index (κ3) is 9.39. The number of carbonyl (C=O) groups excluding carboxylic acids is 3. The van der Waals surface area contributed by atoms with Crippen LogP contribution in [0.4, 0.5) is 4.79 Å². The Morgan fingerprint density at radius 2 is 1.79 bits per heavy atom. The summed E-state index contributed by atoms with van der Waals surface area (Å²) in [5, 5.41) is 5.39. The summed E-state index contributed by atoms with van der Waals surface area (Å²) in [6.45, 7) is 9.75. The number of aryl methyl sites for hydroxylation is 1. The lowest BCUT2D eigenvalue weighted by molar-refractivity contribution is -0.138.